The molecule has 3 nitrogen and oxygen atoms in total. The van der Waals surface area contributed by atoms with Gasteiger partial charge in [-0.1, -0.05) is 80.6 Å². The zero-order chi connectivity index (χ0) is 28.2. The van der Waals surface area contributed by atoms with Gasteiger partial charge >= 0.3 is 6.18 Å². The quantitative estimate of drug-likeness (QED) is 0.244. The molecule has 206 valence electrons. The van der Waals surface area contributed by atoms with Crippen LogP contribution in [0.25, 0.3) is 23.0 Å². The molecule has 0 spiro atoms. The second-order valence-electron chi connectivity index (χ2n) is 11.3. The smallest absolute Gasteiger partial charge is 0.284 e. The van der Waals surface area contributed by atoms with Crippen molar-refractivity contribution >= 4 is 6.08 Å². The van der Waals surface area contributed by atoms with E-state index in [1.165, 1.54) is 34.4 Å². The first-order valence-electron chi connectivity index (χ1n) is 14.1. The zero-order valence-corrected chi connectivity index (χ0v) is 23.4. The van der Waals surface area contributed by atoms with Crippen molar-refractivity contribution in [2.24, 2.45) is 0 Å². The summed E-state index contributed by atoms with van der Waals surface area (Å²) in [5, 5.41) is 5.32. The fourth-order valence-electron chi connectivity index (χ4n) is 6.45. The van der Waals surface area contributed by atoms with Crippen molar-refractivity contribution in [3.8, 4) is 16.9 Å². The van der Waals surface area contributed by atoms with Crippen LogP contribution in [0, 0.1) is 0 Å². The lowest BCUT2D eigenvalue weighted by atomic mass is 9.95. The Bertz CT molecular complexity index is 1600. The van der Waals surface area contributed by atoms with Crippen molar-refractivity contribution in [1.82, 2.24) is 14.7 Å². The SMILES string of the molecule is CCc1cccc(CC)c1-n1nc2c(c1-c1cccc3c1C=CC3)CN(Cc1ccccc1C(F)(F)F)C2(C)C. The average molecular weight is 542 g/mol. The highest BCUT2D eigenvalue weighted by Gasteiger charge is 2.44. The number of para-hydroxylation sites is 1. The molecular formula is C34H34F3N3. The lowest BCUT2D eigenvalue weighted by Gasteiger charge is -2.32. The number of aromatic nitrogens is 2. The molecule has 2 heterocycles. The van der Waals surface area contributed by atoms with Crippen LogP contribution >= 0.6 is 0 Å². The minimum Gasteiger partial charge on any atom is -0.284 e. The van der Waals surface area contributed by atoms with E-state index in [4.69, 9.17) is 5.10 Å². The highest BCUT2D eigenvalue weighted by Crippen LogP contribution is 2.47. The molecule has 0 amide bonds. The number of aryl methyl sites for hydroxylation is 2. The van der Waals surface area contributed by atoms with E-state index in [1.54, 1.807) is 12.1 Å². The minimum atomic E-state index is -4.40. The Labute approximate surface area is 234 Å². The van der Waals surface area contributed by atoms with Crippen molar-refractivity contribution in [3.63, 3.8) is 0 Å². The topological polar surface area (TPSA) is 21.1 Å². The molecule has 6 heteroatoms. The van der Waals surface area contributed by atoms with Gasteiger partial charge in [-0.05, 0) is 67.0 Å². The van der Waals surface area contributed by atoms with Crippen molar-refractivity contribution in [2.75, 3.05) is 0 Å². The molecule has 0 unspecified atom stereocenters. The molecule has 0 bridgehead atoms. The number of fused-ring (bicyclic) bond motifs is 2. The third-order valence-electron chi connectivity index (χ3n) is 8.64. The Balaban J connectivity index is 1.55. The van der Waals surface area contributed by atoms with E-state index in [9.17, 15) is 13.2 Å². The normalized spacial score (nSPS) is 16.0. The lowest BCUT2D eigenvalue weighted by molar-refractivity contribution is -0.138. The first-order chi connectivity index (χ1) is 19.1. The highest BCUT2D eigenvalue weighted by molar-refractivity contribution is 5.81. The summed E-state index contributed by atoms with van der Waals surface area (Å²) in [6.45, 7) is 9.21. The highest BCUT2D eigenvalue weighted by atomic mass is 19.4. The number of allylic oxidation sites excluding steroid dienone is 1. The molecule has 0 atom stereocenters. The average Bonchev–Trinajstić information content (AvgIpc) is 3.62. The zero-order valence-electron chi connectivity index (χ0n) is 23.4. The monoisotopic (exact) mass is 541 g/mol. The molecule has 0 fully saturated rings. The summed E-state index contributed by atoms with van der Waals surface area (Å²) in [5.74, 6) is 0. The third-order valence-corrected chi connectivity index (χ3v) is 8.64. The second-order valence-corrected chi connectivity index (χ2v) is 11.3. The predicted octanol–water partition coefficient (Wildman–Crippen LogP) is 8.50. The van der Waals surface area contributed by atoms with Gasteiger partial charge in [-0.2, -0.15) is 18.3 Å². The van der Waals surface area contributed by atoms with Gasteiger partial charge in [0.2, 0.25) is 0 Å². The van der Waals surface area contributed by atoms with Crippen molar-refractivity contribution in [1.29, 1.82) is 0 Å². The van der Waals surface area contributed by atoms with Crippen LogP contribution in [0.15, 0.2) is 66.7 Å². The number of benzene rings is 3. The van der Waals surface area contributed by atoms with Crippen molar-refractivity contribution in [3.05, 3.63) is 111 Å². The van der Waals surface area contributed by atoms with Crippen LogP contribution in [0.4, 0.5) is 13.2 Å². The number of hydrogen-bond acceptors (Lipinski definition) is 2. The maximum atomic E-state index is 13.9. The van der Waals surface area contributed by atoms with Gasteiger partial charge in [0.15, 0.2) is 0 Å². The number of halogens is 3. The minimum absolute atomic E-state index is 0.192. The summed E-state index contributed by atoms with van der Waals surface area (Å²) in [4.78, 5) is 2.13. The van der Waals surface area contributed by atoms with Gasteiger partial charge in [-0.25, -0.2) is 4.68 Å². The molecule has 0 N–H and O–H groups in total. The summed E-state index contributed by atoms with van der Waals surface area (Å²) in [6, 6.07) is 18.8. The molecule has 1 aliphatic carbocycles. The Morgan fingerprint density at radius 3 is 2.25 bits per heavy atom. The molecule has 1 aliphatic heterocycles. The number of alkyl halides is 3. The molecule has 40 heavy (non-hydrogen) atoms. The van der Waals surface area contributed by atoms with Crippen LogP contribution in [0.3, 0.4) is 0 Å². The molecule has 2 aliphatic rings. The van der Waals surface area contributed by atoms with Crippen LogP contribution in [0.5, 0.6) is 0 Å². The molecule has 1 aromatic heterocycles. The summed E-state index contributed by atoms with van der Waals surface area (Å²) in [7, 11) is 0. The number of nitrogens with zero attached hydrogens (tertiary/aromatic N) is 3. The maximum Gasteiger partial charge on any atom is 0.416 e. The first kappa shape index (κ1) is 26.6. The van der Waals surface area contributed by atoms with E-state index in [1.807, 2.05) is 0 Å². The van der Waals surface area contributed by atoms with Crippen LogP contribution in [0.1, 0.15) is 72.3 Å². The maximum absolute atomic E-state index is 13.9. The van der Waals surface area contributed by atoms with Gasteiger partial charge in [0.25, 0.3) is 0 Å². The van der Waals surface area contributed by atoms with E-state index in [-0.39, 0.29) is 12.1 Å². The Hall–Kier alpha value is -3.64. The van der Waals surface area contributed by atoms with Gasteiger partial charge in [-0.3, -0.25) is 4.90 Å². The van der Waals surface area contributed by atoms with Crippen LogP contribution in [-0.4, -0.2) is 14.7 Å². The van der Waals surface area contributed by atoms with Gasteiger partial charge in [0.1, 0.15) is 0 Å². The molecule has 6 rings (SSSR count). The van der Waals surface area contributed by atoms with Crippen molar-refractivity contribution < 1.29 is 13.2 Å². The largest absolute Gasteiger partial charge is 0.416 e. The van der Waals surface area contributed by atoms with Gasteiger partial charge in [-0.15, -0.1) is 0 Å². The summed E-state index contributed by atoms with van der Waals surface area (Å²) in [6.07, 6.45) is 2.64. The molecule has 0 saturated heterocycles. The van der Waals surface area contributed by atoms with Crippen LogP contribution in [0.2, 0.25) is 0 Å². The fraction of sp³-hybridized carbons (Fsp3) is 0.324. The molecule has 0 saturated carbocycles. The number of hydrogen-bond donors (Lipinski definition) is 0. The second kappa shape index (κ2) is 9.77. The molecular weight excluding hydrogens is 507 g/mol. The summed E-state index contributed by atoms with van der Waals surface area (Å²) < 4.78 is 43.8. The standard InChI is InChI=1S/C34H34F3N3/c1-5-22-13-9-14-23(6-2)30(22)40-31(27-18-11-16-24-15-10-17-26(24)27)28-21-39(33(3,4)32(28)38-40)20-25-12-7-8-19-29(25)34(35,36)37/h7-14,16-19H,5-6,15,20-21H2,1-4H3. The van der Waals surface area contributed by atoms with E-state index < -0.39 is 17.3 Å². The lowest BCUT2D eigenvalue weighted by Crippen LogP contribution is -2.36. The summed E-state index contributed by atoms with van der Waals surface area (Å²) >= 11 is 0. The predicted molar refractivity (Wildman–Crippen MR) is 154 cm³/mol. The fourth-order valence-corrected chi connectivity index (χ4v) is 6.45. The van der Waals surface area contributed by atoms with Gasteiger partial charge in [0.05, 0.1) is 28.2 Å². The van der Waals surface area contributed by atoms with Gasteiger partial charge < -0.3 is 0 Å². The van der Waals surface area contributed by atoms with Crippen molar-refractivity contribution in [2.45, 2.75) is 71.8 Å². The molecule has 0 radical (unpaired) electrons. The van der Waals surface area contributed by atoms with E-state index in [2.05, 4.69) is 85.8 Å². The van der Waals surface area contributed by atoms with E-state index in [0.29, 0.717) is 6.54 Å². The Kier molecular flexibility index (Phi) is 6.49. The van der Waals surface area contributed by atoms with Crippen LogP contribution in [-0.2, 0) is 44.1 Å². The Morgan fingerprint density at radius 1 is 0.875 bits per heavy atom. The number of rotatable bonds is 6. The first-order valence-corrected chi connectivity index (χ1v) is 14.1. The third kappa shape index (κ3) is 4.21. The van der Waals surface area contributed by atoms with E-state index in [0.717, 1.165) is 47.5 Å². The molecule has 3 aromatic carbocycles. The van der Waals surface area contributed by atoms with E-state index >= 15 is 0 Å². The van der Waals surface area contributed by atoms with Crippen LogP contribution < -0.4 is 0 Å². The Morgan fingerprint density at radius 2 is 1.55 bits per heavy atom. The summed E-state index contributed by atoms with van der Waals surface area (Å²) in [5.41, 5.74) is 9.44. The molecule has 4 aromatic rings. The van der Waals surface area contributed by atoms with Gasteiger partial charge in [0, 0.05) is 24.2 Å².